The summed E-state index contributed by atoms with van der Waals surface area (Å²) < 4.78 is 39.7. The second-order valence-corrected chi connectivity index (χ2v) is 10.2. The number of carboxylic acids is 1. The molecule has 0 radical (unpaired) electrons. The Morgan fingerprint density at radius 2 is 1.67 bits per heavy atom. The van der Waals surface area contributed by atoms with Gasteiger partial charge in [0.2, 0.25) is 0 Å². The number of aromatic carboxylic acids is 1. The van der Waals surface area contributed by atoms with Crippen LogP contribution in [-0.2, 0) is 22.6 Å². The van der Waals surface area contributed by atoms with Crippen LogP contribution in [0, 0.1) is 11.6 Å². The summed E-state index contributed by atoms with van der Waals surface area (Å²) in [7, 11) is 3.35. The van der Waals surface area contributed by atoms with E-state index in [1.165, 1.54) is 6.07 Å². The van der Waals surface area contributed by atoms with E-state index >= 15 is 0 Å². The molecule has 1 aromatic heterocycles. The number of urea groups is 1. The molecule has 0 aliphatic rings. The molecule has 3 aromatic rings. The lowest BCUT2D eigenvalue weighted by molar-refractivity contribution is 0.0696. The number of carbonyl (C=O) groups excluding carboxylic acids is 2. The quantitative estimate of drug-likeness (QED) is 0.226. The number of halogens is 2. The van der Waals surface area contributed by atoms with Crippen molar-refractivity contribution in [1.29, 1.82) is 0 Å². The highest BCUT2D eigenvalue weighted by molar-refractivity contribution is 7.20. The molecule has 2 aromatic carbocycles. The molecule has 3 amide bonds. The summed E-state index contributed by atoms with van der Waals surface area (Å²) in [5.41, 5.74) is 0.937. The normalized spacial score (nSPS) is 10.9. The minimum absolute atomic E-state index is 0.0294. The number of likely N-dealkylation sites (N-methyl/N-ethyl adjacent to an activating group) is 1. The lowest BCUT2D eigenvalue weighted by atomic mass is 10.0. The number of amides is 3. The van der Waals surface area contributed by atoms with Gasteiger partial charge in [-0.25, -0.2) is 23.2 Å². The predicted octanol–water partition coefficient (Wildman–Crippen LogP) is 5.77. The van der Waals surface area contributed by atoms with Crippen molar-refractivity contribution in [3.63, 3.8) is 0 Å². The second kappa shape index (κ2) is 15.2. The first kappa shape index (κ1) is 32.4. The van der Waals surface area contributed by atoms with Crippen molar-refractivity contribution < 1.29 is 37.7 Å². The summed E-state index contributed by atoms with van der Waals surface area (Å²) in [4.78, 5) is 41.2. The molecule has 13 heteroatoms. The maximum absolute atomic E-state index is 14.7. The Hall–Kier alpha value is -4.07. The lowest BCUT2D eigenvalue weighted by Gasteiger charge is -2.22. The van der Waals surface area contributed by atoms with Crippen molar-refractivity contribution in [2.75, 3.05) is 50.7 Å². The van der Waals surface area contributed by atoms with Gasteiger partial charge in [0.25, 0.3) is 0 Å². The molecule has 0 unspecified atom stereocenters. The summed E-state index contributed by atoms with van der Waals surface area (Å²) in [5, 5.41) is 15.7. The number of hydrogen-bond acceptors (Lipinski definition) is 7. The molecule has 42 heavy (non-hydrogen) atoms. The number of anilines is 2. The highest BCUT2D eigenvalue weighted by Gasteiger charge is 2.32. The van der Waals surface area contributed by atoms with Gasteiger partial charge < -0.3 is 25.2 Å². The van der Waals surface area contributed by atoms with Crippen LogP contribution in [0.4, 0.5) is 29.1 Å². The molecule has 0 spiro atoms. The number of carboxylic acid groups (broad SMARTS) is 1. The zero-order chi connectivity index (χ0) is 30.8. The van der Waals surface area contributed by atoms with Gasteiger partial charge in [-0.05, 0) is 50.7 Å². The third kappa shape index (κ3) is 8.02. The van der Waals surface area contributed by atoms with Gasteiger partial charge in [-0.1, -0.05) is 18.2 Å². The molecule has 3 rings (SSSR count). The van der Waals surface area contributed by atoms with Gasteiger partial charge in [0.1, 0.15) is 16.6 Å². The molecule has 226 valence electrons. The zero-order valence-corrected chi connectivity index (χ0v) is 24.6. The minimum atomic E-state index is -1.32. The fraction of sp³-hybridized carbons (Fsp3) is 0.345. The highest BCUT2D eigenvalue weighted by Crippen LogP contribution is 2.44. The van der Waals surface area contributed by atoms with E-state index in [4.69, 9.17) is 9.47 Å². The summed E-state index contributed by atoms with van der Waals surface area (Å²) in [6, 6.07) is 9.72. The number of carbonyl (C=O) groups is 3. The Balaban J connectivity index is 2.19. The maximum Gasteiger partial charge on any atom is 0.415 e. The molecule has 0 aliphatic heterocycles. The molecule has 3 N–H and O–H groups in total. The van der Waals surface area contributed by atoms with Crippen LogP contribution in [0.3, 0.4) is 0 Å². The number of nitrogens with one attached hydrogen (secondary N) is 2. The SMILES string of the molecule is CCNC(=O)Nc1ccc(-c2sc(N(Cc3c(F)cccc3F)C(=O)OCC)c(C(=O)O)c2CN(C)CCOC)cc1. The van der Waals surface area contributed by atoms with Crippen LogP contribution in [0.1, 0.15) is 35.3 Å². The number of nitrogens with zero attached hydrogens (tertiary/aromatic N) is 2. The number of benzene rings is 2. The first-order valence-corrected chi connectivity index (χ1v) is 14.0. The van der Waals surface area contributed by atoms with E-state index in [0.717, 1.165) is 28.4 Å². The molecule has 0 aliphatic carbocycles. The van der Waals surface area contributed by atoms with Gasteiger partial charge in [0.15, 0.2) is 0 Å². The average Bonchev–Trinajstić information content (AvgIpc) is 3.31. The van der Waals surface area contributed by atoms with E-state index in [1.807, 2.05) is 4.90 Å². The first-order valence-electron chi connectivity index (χ1n) is 13.2. The Morgan fingerprint density at radius 1 is 1.00 bits per heavy atom. The van der Waals surface area contributed by atoms with E-state index < -0.39 is 35.8 Å². The average molecular weight is 605 g/mol. The van der Waals surface area contributed by atoms with Crippen LogP contribution in [0.5, 0.6) is 0 Å². The van der Waals surface area contributed by atoms with Crippen LogP contribution >= 0.6 is 11.3 Å². The summed E-state index contributed by atoms with van der Waals surface area (Å²) in [6.45, 7) is 4.24. The zero-order valence-electron chi connectivity index (χ0n) is 23.8. The van der Waals surface area contributed by atoms with Crippen molar-refractivity contribution in [1.82, 2.24) is 10.2 Å². The standard InChI is InChI=1S/C29H34F2N4O6S/c1-5-32-28(38)33-19-12-10-18(11-13-19)25-21(16-34(3)14-15-40-4)24(27(36)37)26(42-25)35(29(39)41-6-2)17-20-22(30)8-7-9-23(20)31/h7-13H,5-6,14-17H2,1-4H3,(H,36,37)(H2,32,33,38). The van der Waals surface area contributed by atoms with Crippen LogP contribution in [0.25, 0.3) is 10.4 Å². The van der Waals surface area contributed by atoms with E-state index in [-0.39, 0.29) is 29.7 Å². The van der Waals surface area contributed by atoms with Crippen LogP contribution < -0.4 is 15.5 Å². The van der Waals surface area contributed by atoms with Gasteiger partial charge in [-0.2, -0.15) is 0 Å². The van der Waals surface area contributed by atoms with Gasteiger partial charge >= 0.3 is 18.1 Å². The molecular weight excluding hydrogens is 570 g/mol. The molecule has 1 heterocycles. The van der Waals surface area contributed by atoms with Gasteiger partial charge in [-0.15, -0.1) is 11.3 Å². The number of thiophene rings is 1. The fourth-order valence-electron chi connectivity index (χ4n) is 4.15. The molecule has 0 saturated carbocycles. The van der Waals surface area contributed by atoms with Crippen molar-refractivity contribution >= 4 is 40.1 Å². The van der Waals surface area contributed by atoms with Gasteiger partial charge in [-0.3, -0.25) is 9.80 Å². The van der Waals surface area contributed by atoms with Crippen LogP contribution in [0.2, 0.25) is 0 Å². The smallest absolute Gasteiger partial charge is 0.415 e. The van der Waals surface area contributed by atoms with E-state index in [0.29, 0.717) is 41.4 Å². The number of ether oxygens (including phenoxy) is 2. The summed E-state index contributed by atoms with van der Waals surface area (Å²) >= 11 is 0.996. The molecule has 10 nitrogen and oxygen atoms in total. The Bertz CT molecular complexity index is 1380. The third-order valence-corrected chi connectivity index (χ3v) is 7.47. The second-order valence-electron chi connectivity index (χ2n) is 9.17. The molecule has 0 atom stereocenters. The predicted molar refractivity (Wildman–Crippen MR) is 157 cm³/mol. The van der Waals surface area contributed by atoms with Gasteiger partial charge in [0, 0.05) is 48.4 Å². The van der Waals surface area contributed by atoms with E-state index in [9.17, 15) is 28.3 Å². The molecule has 0 bridgehead atoms. The third-order valence-electron chi connectivity index (χ3n) is 6.16. The molecular formula is C29H34F2N4O6S. The summed E-state index contributed by atoms with van der Waals surface area (Å²) in [6.07, 6.45) is -0.948. The number of methoxy groups -OCH3 is 1. The molecule has 0 saturated heterocycles. The monoisotopic (exact) mass is 604 g/mol. The Labute approximate surface area is 246 Å². The van der Waals surface area contributed by atoms with Crippen molar-refractivity contribution in [2.45, 2.75) is 26.9 Å². The molecule has 0 fully saturated rings. The van der Waals surface area contributed by atoms with E-state index in [1.54, 1.807) is 52.3 Å². The van der Waals surface area contributed by atoms with Crippen LogP contribution in [0.15, 0.2) is 42.5 Å². The number of hydrogen-bond donors (Lipinski definition) is 3. The van der Waals surface area contributed by atoms with E-state index in [2.05, 4.69) is 10.6 Å². The topological polar surface area (TPSA) is 120 Å². The van der Waals surface area contributed by atoms with Crippen molar-refractivity contribution in [2.24, 2.45) is 0 Å². The lowest BCUT2D eigenvalue weighted by Crippen LogP contribution is -2.32. The van der Waals surface area contributed by atoms with Gasteiger partial charge in [0.05, 0.1) is 25.3 Å². The Morgan fingerprint density at radius 3 is 2.24 bits per heavy atom. The number of rotatable bonds is 13. The Kier molecular flexibility index (Phi) is 11.8. The summed E-state index contributed by atoms with van der Waals surface area (Å²) in [5.74, 6) is -3.08. The van der Waals surface area contributed by atoms with Crippen molar-refractivity contribution in [3.05, 3.63) is 70.8 Å². The maximum atomic E-state index is 14.7. The van der Waals surface area contributed by atoms with Crippen LogP contribution in [-0.4, -0.2) is 68.6 Å². The largest absolute Gasteiger partial charge is 0.478 e. The van der Waals surface area contributed by atoms with Crippen molar-refractivity contribution in [3.8, 4) is 10.4 Å². The highest BCUT2D eigenvalue weighted by atomic mass is 32.1. The fourth-order valence-corrected chi connectivity index (χ4v) is 5.44. The minimum Gasteiger partial charge on any atom is -0.478 e. The first-order chi connectivity index (χ1) is 20.1.